The van der Waals surface area contributed by atoms with Crippen LogP contribution in [0.25, 0.3) is 22.0 Å². The number of likely N-dealkylation sites (N-methyl/N-ethyl adjacent to an activating group) is 1. The van der Waals surface area contributed by atoms with E-state index in [1.807, 2.05) is 54.6 Å². The number of pyridine rings is 1. The Hall–Kier alpha value is -8.58. The lowest BCUT2D eigenvalue weighted by Crippen LogP contribution is -2.60. The minimum atomic E-state index is -4.28. The Kier molecular flexibility index (Phi) is 23.2. The maximum atomic E-state index is 15.0. The van der Waals surface area contributed by atoms with Gasteiger partial charge in [0.15, 0.2) is 0 Å². The lowest BCUT2D eigenvalue weighted by atomic mass is 9.71. The van der Waals surface area contributed by atoms with Crippen LogP contribution in [0, 0.1) is 10.1 Å². The lowest BCUT2D eigenvalue weighted by Gasteiger charge is -2.38. The zero-order chi connectivity index (χ0) is 63.6. The number of carboxylic acid groups (broad SMARTS) is 1. The number of fused-ring (bicyclic) bond motifs is 4. The van der Waals surface area contributed by atoms with Gasteiger partial charge < -0.3 is 65.3 Å². The van der Waals surface area contributed by atoms with E-state index in [9.17, 15) is 58.3 Å². The number of rotatable bonds is 32. The molecule has 89 heavy (non-hydrogen) atoms. The highest BCUT2D eigenvalue weighted by Gasteiger charge is 2.41. The molecular weight excluding hydrogens is 1170 g/mol. The third-order valence-electron chi connectivity index (χ3n) is 16.1. The minimum Gasteiger partial charge on any atom is -0.491 e. The second-order valence-electron chi connectivity index (χ2n) is 22.3. The molecule has 2 unspecified atom stereocenters. The number of urea groups is 1. The number of nitrogens with zero attached hydrogens (tertiary/aromatic N) is 4. The van der Waals surface area contributed by atoms with Crippen LogP contribution < -0.4 is 31.3 Å². The summed E-state index contributed by atoms with van der Waals surface area (Å²) in [6.07, 6.45) is 5.98. The van der Waals surface area contributed by atoms with Crippen LogP contribution in [-0.2, 0) is 49.8 Å². The van der Waals surface area contributed by atoms with Crippen LogP contribution in [-0.4, -0.2) is 161 Å². The van der Waals surface area contributed by atoms with Gasteiger partial charge in [-0.3, -0.25) is 43.4 Å². The highest BCUT2D eigenvalue weighted by Crippen LogP contribution is 2.45. The van der Waals surface area contributed by atoms with E-state index in [0.717, 1.165) is 47.2 Å². The van der Waals surface area contributed by atoms with Crippen molar-refractivity contribution in [1.29, 1.82) is 0 Å². The zero-order valence-corrected chi connectivity index (χ0v) is 50.6. The van der Waals surface area contributed by atoms with Gasteiger partial charge in [0, 0.05) is 79.0 Å². The number of carboxylic acids is 1. The number of nitro groups is 1. The van der Waals surface area contributed by atoms with Gasteiger partial charge in [-0.25, -0.2) is 9.59 Å². The number of hydrogen-bond donors (Lipinski definition) is 8. The van der Waals surface area contributed by atoms with Crippen molar-refractivity contribution in [3.63, 3.8) is 0 Å². The SMILES string of the molecule is CNC(CC(=O)N(CCCP(=O)(O)O)CCOCCOCCNC(=O)CCOc1ccc(C2(CNC(=O)C(C)(Cc3cn(C(=O)OCC4c5ccccc5-c5ccccc54)c4ccccc34)NC(=O)Nc3ccc([N+](=O)[O-])cc3)CCCCC2)nc1)C(=O)O. The second-order valence-corrected chi connectivity index (χ2v) is 24.1. The van der Waals surface area contributed by atoms with Gasteiger partial charge >= 0.3 is 25.7 Å². The minimum absolute atomic E-state index is 0.0109. The first-order valence-electron chi connectivity index (χ1n) is 29.6. The molecule has 0 radical (unpaired) electrons. The molecule has 5 amide bonds. The molecule has 0 aliphatic heterocycles. The number of carbonyl (C=O) groups is 6. The number of aromatic nitrogens is 2. The summed E-state index contributed by atoms with van der Waals surface area (Å²) in [5, 5.41) is 35.5. The number of amides is 5. The second kappa shape index (κ2) is 31.0. The van der Waals surface area contributed by atoms with Crippen LogP contribution in [0.4, 0.5) is 21.0 Å². The maximum absolute atomic E-state index is 15.0. The molecule has 1 saturated carbocycles. The molecule has 6 aromatic rings. The molecule has 8 rings (SSSR count). The Morgan fingerprint density at radius 2 is 1.52 bits per heavy atom. The van der Waals surface area contributed by atoms with Crippen molar-refractivity contribution in [1.82, 2.24) is 35.7 Å². The third-order valence-corrected chi connectivity index (χ3v) is 17.0. The van der Waals surface area contributed by atoms with E-state index in [0.29, 0.717) is 35.1 Å². The van der Waals surface area contributed by atoms with Crippen LogP contribution in [0.15, 0.2) is 122 Å². The van der Waals surface area contributed by atoms with E-state index < -0.39 is 65.6 Å². The van der Waals surface area contributed by atoms with Gasteiger partial charge in [0.25, 0.3) is 5.69 Å². The van der Waals surface area contributed by atoms with Crippen molar-refractivity contribution in [3.8, 4) is 16.9 Å². The van der Waals surface area contributed by atoms with Gasteiger partial charge in [-0.05, 0) is 91.4 Å². The van der Waals surface area contributed by atoms with Crippen molar-refractivity contribution in [2.24, 2.45) is 0 Å². The summed E-state index contributed by atoms with van der Waals surface area (Å²) in [5.41, 5.74) is 4.00. The number of non-ortho nitro benzene ring substituents is 1. The van der Waals surface area contributed by atoms with Gasteiger partial charge in [-0.2, -0.15) is 0 Å². The fourth-order valence-corrected chi connectivity index (χ4v) is 11.9. The van der Waals surface area contributed by atoms with Gasteiger partial charge in [0.1, 0.15) is 23.9 Å². The summed E-state index contributed by atoms with van der Waals surface area (Å²) in [7, 11) is -2.87. The van der Waals surface area contributed by atoms with Crippen LogP contribution >= 0.6 is 7.60 Å². The first-order valence-corrected chi connectivity index (χ1v) is 31.4. The quantitative estimate of drug-likeness (QED) is 0.00891. The predicted octanol–water partition coefficient (Wildman–Crippen LogP) is 7.26. The molecule has 474 valence electrons. The molecular formula is C63H76N9O16P. The number of nitrogens with one attached hydrogen (secondary N) is 5. The monoisotopic (exact) mass is 1250 g/mol. The number of aliphatic carboxylic acids is 1. The summed E-state index contributed by atoms with van der Waals surface area (Å²) in [6.45, 7) is 2.79. The van der Waals surface area contributed by atoms with E-state index in [4.69, 9.17) is 23.9 Å². The van der Waals surface area contributed by atoms with Crippen LogP contribution in [0.1, 0.15) is 86.6 Å². The number of anilines is 1. The predicted molar refractivity (Wildman–Crippen MR) is 330 cm³/mol. The summed E-state index contributed by atoms with van der Waals surface area (Å²) in [6, 6.07) is 30.4. The molecule has 0 spiro atoms. The molecule has 2 aromatic heterocycles. The Labute approximate surface area is 514 Å². The first kappa shape index (κ1) is 66.4. The number of carbonyl (C=O) groups excluding carboxylic acids is 5. The molecule has 2 aliphatic rings. The average molecular weight is 1250 g/mol. The smallest absolute Gasteiger partial charge is 0.418 e. The molecule has 1 fully saturated rings. The summed E-state index contributed by atoms with van der Waals surface area (Å²) >= 11 is 0. The van der Waals surface area contributed by atoms with Crippen LogP contribution in [0.5, 0.6) is 5.75 Å². The molecule has 0 bridgehead atoms. The van der Waals surface area contributed by atoms with Crippen LogP contribution in [0.3, 0.4) is 0 Å². The largest absolute Gasteiger partial charge is 0.491 e. The molecule has 25 nitrogen and oxygen atoms in total. The van der Waals surface area contributed by atoms with Gasteiger partial charge in [-0.15, -0.1) is 0 Å². The van der Waals surface area contributed by atoms with Crippen molar-refractivity contribution in [2.45, 2.75) is 87.6 Å². The van der Waals surface area contributed by atoms with Gasteiger partial charge in [-0.1, -0.05) is 86.0 Å². The molecule has 2 atom stereocenters. The number of ether oxygens (including phenoxy) is 4. The Morgan fingerprint density at radius 3 is 2.17 bits per heavy atom. The summed E-state index contributed by atoms with van der Waals surface area (Å²) in [4.78, 5) is 115. The zero-order valence-electron chi connectivity index (χ0n) is 49.7. The molecule has 0 saturated heterocycles. The van der Waals surface area contributed by atoms with E-state index >= 15 is 0 Å². The average Bonchev–Trinajstić information content (AvgIpc) is 2.83. The van der Waals surface area contributed by atoms with Crippen LogP contribution in [0.2, 0.25) is 0 Å². The van der Waals surface area contributed by atoms with E-state index in [1.54, 1.807) is 37.5 Å². The topological polar surface area (TPSA) is 341 Å². The fourth-order valence-electron chi connectivity index (χ4n) is 11.4. The standard InChI is InChI=1S/C63H76N9O16P/c1-62(69-60(78)68-44-19-21-45(22-20-44)72(80)81,38-43-40-71(54-18-9-8-13-47(43)54)61(79)88-41-52-50-16-6-4-14-48(50)49-15-5-7-17-51(49)52)59(77)67-42-63(26-10-3-11-27-63)55-24-23-46(39-66-55)87-31-25-56(73)65-28-32-85-34-35-86-33-30-70(29-12-36-89(82,83)84)57(74)37-53(64-2)58(75)76/h4-9,13-24,39-40,52-53,64H,3,10-12,25-38,41-42H2,1-2H3,(H,65,73)(H,67,77)(H,75,76)(H2,68,69,78)(H2,82,83,84). The number of para-hydroxylation sites is 1. The molecule has 2 aliphatic carbocycles. The van der Waals surface area contributed by atoms with E-state index in [-0.39, 0.29) is 115 Å². The van der Waals surface area contributed by atoms with E-state index in [1.165, 1.54) is 40.8 Å². The summed E-state index contributed by atoms with van der Waals surface area (Å²) < 4.78 is 35.9. The van der Waals surface area contributed by atoms with E-state index in [2.05, 4.69) is 38.7 Å². The van der Waals surface area contributed by atoms with Crippen molar-refractivity contribution in [3.05, 3.63) is 154 Å². The molecule has 8 N–H and O–H groups in total. The Bertz CT molecular complexity index is 3450. The normalized spacial score (nSPS) is 14.5. The lowest BCUT2D eigenvalue weighted by molar-refractivity contribution is -0.384. The Balaban J connectivity index is 0.847. The van der Waals surface area contributed by atoms with Gasteiger partial charge in [0.05, 0.1) is 68.7 Å². The number of benzene rings is 4. The van der Waals surface area contributed by atoms with Crippen molar-refractivity contribution in [2.75, 3.05) is 84.3 Å². The molecule has 4 aromatic carbocycles. The summed E-state index contributed by atoms with van der Waals surface area (Å²) in [5.74, 6) is -2.24. The highest BCUT2D eigenvalue weighted by molar-refractivity contribution is 7.51. The molecule has 26 heteroatoms. The first-order chi connectivity index (χ1) is 42.8. The highest BCUT2D eigenvalue weighted by atomic mass is 31.2. The number of hydrogen-bond acceptors (Lipinski definition) is 15. The third kappa shape index (κ3) is 18.0. The Morgan fingerprint density at radius 1 is 0.843 bits per heavy atom. The van der Waals surface area contributed by atoms with Crippen molar-refractivity contribution >= 4 is 65.7 Å². The maximum Gasteiger partial charge on any atom is 0.418 e. The number of nitro benzene ring substituents is 1. The molecule has 2 heterocycles. The van der Waals surface area contributed by atoms with Crippen molar-refractivity contribution < 1.29 is 72.1 Å². The van der Waals surface area contributed by atoms with Gasteiger partial charge in [0.2, 0.25) is 17.7 Å². The fraction of sp³-hybridized carbons (Fsp3) is 0.413.